The molecule has 1 amide bonds. The first-order valence-corrected chi connectivity index (χ1v) is 10.4. The summed E-state index contributed by atoms with van der Waals surface area (Å²) in [6, 6.07) is 22.0. The normalized spacial score (nSPS) is 11.1. The predicted molar refractivity (Wildman–Crippen MR) is 127 cm³/mol. The minimum absolute atomic E-state index is 0.101. The van der Waals surface area contributed by atoms with Crippen LogP contribution in [0, 0.1) is 18.3 Å². The zero-order valence-corrected chi connectivity index (χ0v) is 18.3. The molecule has 4 rings (SSSR count). The summed E-state index contributed by atoms with van der Waals surface area (Å²) in [4.78, 5) is 16.6. The first kappa shape index (κ1) is 21.9. The molecule has 1 heterocycles. The summed E-state index contributed by atoms with van der Waals surface area (Å²) in [6.07, 6.45) is 1.64. The van der Waals surface area contributed by atoms with Gasteiger partial charge in [-0.15, -0.1) is 0 Å². The van der Waals surface area contributed by atoms with Gasteiger partial charge in [0, 0.05) is 23.9 Å². The largest absolute Gasteiger partial charge is 0.467 e. The topological polar surface area (TPSA) is 96.6 Å². The lowest BCUT2D eigenvalue weighted by atomic mass is 9.97. The van der Waals surface area contributed by atoms with Gasteiger partial charge in [-0.2, -0.15) is 10.4 Å². The van der Waals surface area contributed by atoms with Crippen molar-refractivity contribution in [2.45, 2.75) is 13.5 Å². The van der Waals surface area contributed by atoms with Crippen LogP contribution in [0.25, 0.3) is 21.5 Å². The summed E-state index contributed by atoms with van der Waals surface area (Å²) in [7, 11) is 1.54. The van der Waals surface area contributed by atoms with Crippen molar-refractivity contribution < 1.29 is 14.3 Å². The number of amides is 1. The molecule has 33 heavy (non-hydrogen) atoms. The van der Waals surface area contributed by atoms with Crippen LogP contribution in [0.3, 0.4) is 0 Å². The Hall–Kier alpha value is -4.28. The predicted octanol–water partition coefficient (Wildman–Crippen LogP) is 4.24. The average molecular weight is 438 g/mol. The van der Waals surface area contributed by atoms with Gasteiger partial charge in [0.1, 0.15) is 11.6 Å². The second-order valence-electron chi connectivity index (χ2n) is 7.46. The lowest BCUT2D eigenvalue weighted by molar-refractivity contribution is -0.123. The molecule has 7 nitrogen and oxygen atoms in total. The molecule has 0 radical (unpaired) electrons. The van der Waals surface area contributed by atoms with Gasteiger partial charge in [0.2, 0.25) is 5.88 Å². The van der Waals surface area contributed by atoms with E-state index in [1.165, 1.54) is 0 Å². The molecule has 0 aliphatic heterocycles. The Bertz CT molecular complexity index is 1350. The molecule has 7 heteroatoms. The lowest BCUT2D eigenvalue weighted by Crippen LogP contribution is -2.25. The van der Waals surface area contributed by atoms with Crippen LogP contribution in [0.4, 0.5) is 0 Å². The van der Waals surface area contributed by atoms with Crippen molar-refractivity contribution in [1.29, 1.82) is 5.26 Å². The number of nitriles is 1. The van der Waals surface area contributed by atoms with E-state index in [9.17, 15) is 10.1 Å². The van der Waals surface area contributed by atoms with E-state index in [2.05, 4.69) is 27.6 Å². The molecule has 0 unspecified atom stereocenters. The molecule has 0 atom stereocenters. The minimum Gasteiger partial charge on any atom is -0.467 e. The number of hydrogen-bond donors (Lipinski definition) is 1. The molecule has 0 fully saturated rings. The van der Waals surface area contributed by atoms with Gasteiger partial charge in [-0.3, -0.25) is 4.79 Å². The van der Waals surface area contributed by atoms with E-state index in [0.717, 1.165) is 27.1 Å². The van der Waals surface area contributed by atoms with Crippen LogP contribution < -0.4 is 10.2 Å². The molecule has 0 saturated heterocycles. The molecule has 0 bridgehead atoms. The molecule has 164 valence electrons. The zero-order valence-electron chi connectivity index (χ0n) is 18.3. The molecule has 0 aliphatic carbocycles. The third kappa shape index (κ3) is 4.81. The van der Waals surface area contributed by atoms with Crippen LogP contribution in [-0.2, 0) is 16.1 Å². The fourth-order valence-corrected chi connectivity index (χ4v) is 3.73. The second-order valence-corrected chi connectivity index (χ2v) is 7.46. The van der Waals surface area contributed by atoms with E-state index in [4.69, 9.17) is 9.47 Å². The van der Waals surface area contributed by atoms with Crippen LogP contribution in [0.5, 0.6) is 5.88 Å². The summed E-state index contributed by atoms with van der Waals surface area (Å²) in [5.41, 5.74) is 4.98. The Balaban J connectivity index is 1.51. The maximum atomic E-state index is 12.3. The van der Waals surface area contributed by atoms with E-state index in [-0.39, 0.29) is 24.7 Å². The Kier molecular flexibility index (Phi) is 6.58. The van der Waals surface area contributed by atoms with Crippen LogP contribution in [0.1, 0.15) is 22.4 Å². The van der Waals surface area contributed by atoms with Gasteiger partial charge in [-0.25, -0.2) is 10.4 Å². The zero-order chi connectivity index (χ0) is 23.2. The molecule has 0 saturated carbocycles. The highest BCUT2D eigenvalue weighted by molar-refractivity contribution is 6.13. The molecule has 0 spiro atoms. The number of hydrazone groups is 1. The highest BCUT2D eigenvalue weighted by Crippen LogP contribution is 2.27. The average Bonchev–Trinajstić information content (AvgIpc) is 2.82. The Morgan fingerprint density at radius 2 is 1.79 bits per heavy atom. The third-order valence-electron chi connectivity index (χ3n) is 5.14. The van der Waals surface area contributed by atoms with Gasteiger partial charge in [-0.05, 0) is 40.6 Å². The van der Waals surface area contributed by atoms with Gasteiger partial charge in [0.25, 0.3) is 5.91 Å². The number of ether oxygens (including phenoxy) is 2. The van der Waals surface area contributed by atoms with Gasteiger partial charge < -0.3 is 9.47 Å². The number of pyridine rings is 1. The first-order valence-electron chi connectivity index (χ1n) is 10.4. The van der Waals surface area contributed by atoms with Crippen molar-refractivity contribution in [2.24, 2.45) is 5.10 Å². The van der Waals surface area contributed by atoms with Gasteiger partial charge >= 0.3 is 0 Å². The number of methoxy groups -OCH3 is 1. The first-order chi connectivity index (χ1) is 16.1. The highest BCUT2D eigenvalue weighted by atomic mass is 16.5. The van der Waals surface area contributed by atoms with Crippen molar-refractivity contribution in [1.82, 2.24) is 10.4 Å². The lowest BCUT2D eigenvalue weighted by Gasteiger charge is -2.11. The number of aromatic nitrogens is 1. The fraction of sp³-hybridized carbons (Fsp3) is 0.154. The number of carbonyl (C=O) groups excluding carboxylic acids is 1. The Morgan fingerprint density at radius 3 is 2.42 bits per heavy atom. The number of benzene rings is 3. The molecule has 3 aromatic carbocycles. The maximum absolute atomic E-state index is 12.3. The van der Waals surface area contributed by atoms with E-state index < -0.39 is 5.91 Å². The molecule has 0 aliphatic rings. The van der Waals surface area contributed by atoms with E-state index in [1.54, 1.807) is 26.3 Å². The highest BCUT2D eigenvalue weighted by Gasteiger charge is 2.14. The van der Waals surface area contributed by atoms with Gasteiger partial charge in [-0.1, -0.05) is 48.5 Å². The van der Waals surface area contributed by atoms with Gasteiger partial charge in [0.05, 0.1) is 12.8 Å². The van der Waals surface area contributed by atoms with Crippen molar-refractivity contribution in [2.75, 3.05) is 13.7 Å². The van der Waals surface area contributed by atoms with Crippen molar-refractivity contribution in [3.05, 3.63) is 83.0 Å². The van der Waals surface area contributed by atoms with E-state index in [0.29, 0.717) is 11.3 Å². The monoisotopic (exact) mass is 438 g/mol. The van der Waals surface area contributed by atoms with Gasteiger partial charge in [0.15, 0.2) is 6.61 Å². The number of fused-ring (bicyclic) bond motifs is 2. The number of rotatable bonds is 7. The molecular formula is C26H22N4O3. The number of hydrogen-bond acceptors (Lipinski definition) is 6. The Morgan fingerprint density at radius 1 is 1.12 bits per heavy atom. The van der Waals surface area contributed by atoms with Crippen LogP contribution in [-0.4, -0.2) is 30.8 Å². The number of aryl methyl sites for hydroxylation is 1. The standard InChI is InChI=1S/C26H22N4O3/c1-17-11-20(15-32-2)23(13-27)26(29-17)33-16-25(31)30-28-14-24-21-9-5-3-7-18(21)12-19-8-4-6-10-22(19)24/h3-12,14H,15-16H2,1-2H3,(H,30,31). The third-order valence-corrected chi connectivity index (χ3v) is 5.14. The van der Waals surface area contributed by atoms with E-state index >= 15 is 0 Å². The van der Waals surface area contributed by atoms with Crippen LogP contribution >= 0.6 is 0 Å². The van der Waals surface area contributed by atoms with Crippen LogP contribution in [0.2, 0.25) is 0 Å². The minimum atomic E-state index is -0.462. The smallest absolute Gasteiger partial charge is 0.278 e. The van der Waals surface area contributed by atoms with Crippen molar-refractivity contribution in [3.63, 3.8) is 0 Å². The molecular weight excluding hydrogens is 416 g/mol. The number of nitrogens with one attached hydrogen (secondary N) is 1. The summed E-state index contributed by atoms with van der Waals surface area (Å²) >= 11 is 0. The second kappa shape index (κ2) is 9.90. The molecule has 1 N–H and O–H groups in total. The summed E-state index contributed by atoms with van der Waals surface area (Å²) < 4.78 is 10.7. The van der Waals surface area contributed by atoms with E-state index in [1.807, 2.05) is 48.5 Å². The fourth-order valence-electron chi connectivity index (χ4n) is 3.73. The number of nitrogens with zero attached hydrogens (tertiary/aromatic N) is 3. The van der Waals surface area contributed by atoms with Crippen molar-refractivity contribution >= 4 is 33.7 Å². The van der Waals surface area contributed by atoms with Crippen molar-refractivity contribution in [3.8, 4) is 11.9 Å². The SMILES string of the molecule is COCc1cc(C)nc(OCC(=O)NN=Cc2c3ccccc3cc3ccccc23)c1C#N. The summed E-state index contributed by atoms with van der Waals surface area (Å²) in [6.45, 7) is 1.70. The maximum Gasteiger partial charge on any atom is 0.278 e. The Labute approximate surface area is 191 Å². The molecule has 1 aromatic heterocycles. The quantitative estimate of drug-likeness (QED) is 0.264. The molecule has 4 aromatic rings. The summed E-state index contributed by atoms with van der Waals surface area (Å²) in [5, 5.41) is 17.9. The van der Waals surface area contributed by atoms with Crippen LogP contribution in [0.15, 0.2) is 65.8 Å². The summed E-state index contributed by atoms with van der Waals surface area (Å²) in [5.74, 6) is -0.361. The number of carbonyl (C=O) groups is 1.